The molecule has 2 heterocycles. The number of hydrogen-bond donors (Lipinski definition) is 0. The van der Waals surface area contributed by atoms with Crippen molar-refractivity contribution in [3.05, 3.63) is 78.0 Å². The van der Waals surface area contributed by atoms with Crippen molar-refractivity contribution in [3.63, 3.8) is 0 Å². The van der Waals surface area contributed by atoms with Crippen molar-refractivity contribution in [2.75, 3.05) is 6.61 Å². The fraction of sp³-hybridized carbons (Fsp3) is 0.200. The highest BCUT2D eigenvalue weighted by atomic mass is 16.5. The Balaban J connectivity index is 1.50. The van der Waals surface area contributed by atoms with Gasteiger partial charge in [0.2, 0.25) is 11.5 Å². The van der Waals surface area contributed by atoms with Gasteiger partial charge < -0.3 is 18.6 Å². The van der Waals surface area contributed by atoms with Crippen LogP contribution in [0.4, 0.5) is 0 Å². The number of aromatic nitrogens is 1. The van der Waals surface area contributed by atoms with Crippen molar-refractivity contribution in [2.45, 2.75) is 20.1 Å². The van der Waals surface area contributed by atoms with E-state index in [1.807, 2.05) is 49.4 Å². The summed E-state index contributed by atoms with van der Waals surface area (Å²) in [6.45, 7) is 2.92. The van der Waals surface area contributed by atoms with E-state index in [-0.39, 0.29) is 19.0 Å². The molecule has 0 amide bonds. The summed E-state index contributed by atoms with van der Waals surface area (Å²) in [7, 11) is 0. The molecule has 0 bridgehead atoms. The van der Waals surface area contributed by atoms with Crippen LogP contribution < -0.4 is 14.5 Å². The monoisotopic (exact) mass is 354 g/mol. The number of furan rings is 1. The Morgan fingerprint density at radius 2 is 1.73 bits per heavy atom. The van der Waals surface area contributed by atoms with Crippen LogP contribution in [-0.4, -0.2) is 12.6 Å². The summed E-state index contributed by atoms with van der Waals surface area (Å²) in [6.07, 6.45) is 1.77. The highest BCUT2D eigenvalue weighted by Crippen LogP contribution is 2.19. The maximum Gasteiger partial charge on any atom is 0.374 e. The third-order valence-corrected chi connectivity index (χ3v) is 3.51. The van der Waals surface area contributed by atoms with Gasteiger partial charge in [0.25, 0.3) is 0 Å². The van der Waals surface area contributed by atoms with E-state index < -0.39 is 5.97 Å². The molecule has 0 fully saturated rings. The van der Waals surface area contributed by atoms with Gasteiger partial charge in [-0.15, -0.1) is 0 Å². The number of esters is 1. The van der Waals surface area contributed by atoms with Gasteiger partial charge in [0.1, 0.15) is 23.9 Å². The molecule has 0 saturated carbocycles. The number of carbonyl (C=O) groups excluding carboxylic acids is 1. The number of nitrogens with one attached hydrogen (secondary N) is 1. The number of rotatable bonds is 8. The van der Waals surface area contributed by atoms with Gasteiger partial charge in [-0.05, 0) is 49.4 Å². The molecular formula is C20H20NO5+. The zero-order valence-electron chi connectivity index (χ0n) is 14.4. The van der Waals surface area contributed by atoms with E-state index in [1.165, 1.54) is 0 Å². The first-order chi connectivity index (χ1) is 12.7. The third kappa shape index (κ3) is 4.86. The van der Waals surface area contributed by atoms with E-state index >= 15 is 0 Å². The smallest absolute Gasteiger partial charge is 0.374 e. The summed E-state index contributed by atoms with van der Waals surface area (Å²) < 4.78 is 21.7. The molecule has 6 nitrogen and oxygen atoms in total. The second-order valence-electron chi connectivity index (χ2n) is 5.42. The largest absolute Gasteiger partial charge is 0.494 e. The molecular weight excluding hydrogens is 334 g/mol. The summed E-state index contributed by atoms with van der Waals surface area (Å²) in [6, 6.07) is 16.1. The molecule has 3 rings (SSSR count). The summed E-state index contributed by atoms with van der Waals surface area (Å²) in [5, 5.41) is 0. The van der Waals surface area contributed by atoms with Crippen molar-refractivity contribution >= 4 is 5.97 Å². The van der Waals surface area contributed by atoms with Crippen LogP contribution >= 0.6 is 0 Å². The van der Waals surface area contributed by atoms with Crippen molar-refractivity contribution in [1.82, 2.24) is 0 Å². The van der Waals surface area contributed by atoms with E-state index in [1.54, 1.807) is 18.3 Å². The molecule has 0 radical (unpaired) electrons. The van der Waals surface area contributed by atoms with Gasteiger partial charge in [0, 0.05) is 12.1 Å². The summed E-state index contributed by atoms with van der Waals surface area (Å²) in [4.78, 5) is 15.0. The summed E-state index contributed by atoms with van der Waals surface area (Å²) in [5.74, 6) is 1.64. The Morgan fingerprint density at radius 3 is 2.42 bits per heavy atom. The van der Waals surface area contributed by atoms with E-state index in [0.717, 1.165) is 11.4 Å². The maximum atomic E-state index is 12.0. The topological polar surface area (TPSA) is 72.0 Å². The molecule has 26 heavy (non-hydrogen) atoms. The van der Waals surface area contributed by atoms with Gasteiger partial charge in [-0.25, -0.2) is 9.78 Å². The van der Waals surface area contributed by atoms with Gasteiger partial charge in [0.15, 0.2) is 12.8 Å². The van der Waals surface area contributed by atoms with Crippen LogP contribution in [0.1, 0.15) is 28.9 Å². The number of ether oxygens (including phenoxy) is 3. The lowest BCUT2D eigenvalue weighted by Crippen LogP contribution is -2.13. The molecule has 0 spiro atoms. The minimum absolute atomic E-state index is 0.145. The van der Waals surface area contributed by atoms with Gasteiger partial charge in [-0.2, -0.15) is 0 Å². The van der Waals surface area contributed by atoms with Crippen molar-refractivity contribution in [3.8, 4) is 11.5 Å². The van der Waals surface area contributed by atoms with Crippen molar-refractivity contribution in [1.29, 1.82) is 0 Å². The average Bonchev–Trinajstić information content (AvgIpc) is 3.16. The number of hydrogen-bond acceptors (Lipinski definition) is 5. The number of carbonyl (C=O) groups is 1. The van der Waals surface area contributed by atoms with Crippen molar-refractivity contribution < 1.29 is 28.4 Å². The Kier molecular flexibility index (Phi) is 5.88. The highest BCUT2D eigenvalue weighted by molar-refractivity contribution is 5.86. The summed E-state index contributed by atoms with van der Waals surface area (Å²) in [5.41, 5.74) is 0.798. The molecule has 0 aliphatic heterocycles. The molecule has 0 atom stereocenters. The predicted molar refractivity (Wildman–Crippen MR) is 92.8 cm³/mol. The number of aromatic amines is 1. The molecule has 134 valence electrons. The van der Waals surface area contributed by atoms with Gasteiger partial charge in [-0.3, -0.25) is 0 Å². The van der Waals surface area contributed by atoms with Gasteiger partial charge >= 0.3 is 5.97 Å². The van der Waals surface area contributed by atoms with Crippen LogP contribution in [0.3, 0.4) is 0 Å². The standard InChI is InChI=1S/C20H19NO5/c1-2-23-16-6-8-17(9-7-16)24-14-18-10-11-19(26-18)20(22)25-13-15-5-3-4-12-21-15/h3-12H,2,13-14H2,1H3/p+1. The molecule has 2 aromatic heterocycles. The van der Waals surface area contributed by atoms with Gasteiger partial charge in [0.05, 0.1) is 6.61 Å². The first-order valence-electron chi connectivity index (χ1n) is 8.31. The Hall–Kier alpha value is -3.28. The number of H-pyrrole nitrogens is 1. The number of benzene rings is 1. The maximum absolute atomic E-state index is 12.0. The van der Waals surface area contributed by atoms with E-state index in [9.17, 15) is 4.79 Å². The first-order valence-corrected chi connectivity index (χ1v) is 8.31. The van der Waals surface area contributed by atoms with E-state index in [2.05, 4.69) is 4.98 Å². The molecule has 0 aliphatic rings. The molecule has 6 heteroatoms. The lowest BCUT2D eigenvalue weighted by atomic mass is 10.3. The molecule has 1 aromatic carbocycles. The molecule has 3 aromatic rings. The second-order valence-corrected chi connectivity index (χ2v) is 5.42. The van der Waals surface area contributed by atoms with Gasteiger partial charge in [-0.1, -0.05) is 0 Å². The van der Waals surface area contributed by atoms with Crippen LogP contribution in [0.5, 0.6) is 11.5 Å². The first kappa shape index (κ1) is 17.5. The van der Waals surface area contributed by atoms with E-state index in [0.29, 0.717) is 18.1 Å². The zero-order chi connectivity index (χ0) is 18.2. The molecule has 0 unspecified atom stereocenters. The Morgan fingerprint density at radius 1 is 0.962 bits per heavy atom. The van der Waals surface area contributed by atoms with Crippen LogP contribution in [0.2, 0.25) is 0 Å². The number of pyridine rings is 1. The lowest BCUT2D eigenvalue weighted by Gasteiger charge is -2.06. The summed E-state index contributed by atoms with van der Waals surface area (Å²) >= 11 is 0. The minimum atomic E-state index is -0.519. The fourth-order valence-electron chi connectivity index (χ4n) is 2.25. The van der Waals surface area contributed by atoms with Crippen LogP contribution in [0.15, 0.2) is 65.2 Å². The quantitative estimate of drug-likeness (QED) is 0.580. The van der Waals surface area contributed by atoms with Crippen LogP contribution in [0, 0.1) is 0 Å². The lowest BCUT2D eigenvalue weighted by molar-refractivity contribution is -0.394. The zero-order valence-corrected chi connectivity index (χ0v) is 14.4. The van der Waals surface area contributed by atoms with Crippen LogP contribution in [0.25, 0.3) is 0 Å². The van der Waals surface area contributed by atoms with Crippen molar-refractivity contribution in [2.24, 2.45) is 0 Å². The fourth-order valence-corrected chi connectivity index (χ4v) is 2.25. The molecule has 0 aliphatic carbocycles. The normalized spacial score (nSPS) is 10.3. The minimum Gasteiger partial charge on any atom is -0.494 e. The van der Waals surface area contributed by atoms with Crippen LogP contribution in [-0.2, 0) is 18.0 Å². The Labute approximate surface area is 151 Å². The third-order valence-electron chi connectivity index (χ3n) is 3.51. The highest BCUT2D eigenvalue weighted by Gasteiger charge is 2.14. The second kappa shape index (κ2) is 8.71. The predicted octanol–water partition coefficient (Wildman–Crippen LogP) is 3.43. The Bertz CT molecular complexity index is 827. The SMILES string of the molecule is CCOc1ccc(OCc2ccc(C(=O)OCc3cccc[nH+]3)o2)cc1. The molecule has 1 N–H and O–H groups in total. The average molecular weight is 354 g/mol. The van der Waals surface area contributed by atoms with E-state index in [4.69, 9.17) is 18.6 Å². The molecule has 0 saturated heterocycles.